The average Bonchev–Trinajstić information content (AvgIpc) is 3.23. The summed E-state index contributed by atoms with van der Waals surface area (Å²) in [6, 6.07) is 8.71. The highest BCUT2D eigenvalue weighted by Crippen LogP contribution is 2.21. The first-order valence-electron chi connectivity index (χ1n) is 8.11. The summed E-state index contributed by atoms with van der Waals surface area (Å²) in [5, 5.41) is 17.0. The van der Waals surface area contributed by atoms with Gasteiger partial charge in [0.15, 0.2) is 0 Å². The van der Waals surface area contributed by atoms with Gasteiger partial charge in [-0.25, -0.2) is 4.98 Å². The lowest BCUT2D eigenvalue weighted by Crippen LogP contribution is -2.52. The standard InChI is InChI=1S/C18H20N4O3S/c1-10(23)15-20-12-7-6-11(9-13(12)21-15)19-17(25)18(2,3)22-16(24)14-5-4-8-26-14/h4-10,23H,1-3H3,(H,19,25)(H,20,21)(H,22,24). The molecule has 0 saturated heterocycles. The number of imidazole rings is 1. The summed E-state index contributed by atoms with van der Waals surface area (Å²) in [6.45, 7) is 4.92. The number of fused-ring (bicyclic) bond motifs is 1. The Hall–Kier alpha value is -2.71. The van der Waals surface area contributed by atoms with Crippen LogP contribution in [-0.2, 0) is 4.79 Å². The van der Waals surface area contributed by atoms with Crippen molar-refractivity contribution in [2.75, 3.05) is 5.32 Å². The van der Waals surface area contributed by atoms with Gasteiger partial charge in [-0.2, -0.15) is 0 Å². The Bertz CT molecular complexity index is 945. The van der Waals surface area contributed by atoms with E-state index in [1.807, 2.05) is 5.38 Å². The minimum Gasteiger partial charge on any atom is -0.385 e. The highest BCUT2D eigenvalue weighted by atomic mass is 32.1. The molecule has 1 atom stereocenters. The molecule has 4 N–H and O–H groups in total. The summed E-state index contributed by atoms with van der Waals surface area (Å²) in [7, 11) is 0. The molecule has 136 valence electrons. The topological polar surface area (TPSA) is 107 Å². The number of carbonyl (C=O) groups excluding carboxylic acids is 2. The maximum atomic E-state index is 12.6. The normalized spacial score (nSPS) is 12.8. The summed E-state index contributed by atoms with van der Waals surface area (Å²) < 4.78 is 0. The molecule has 2 aromatic heterocycles. The Morgan fingerprint density at radius 1 is 1.31 bits per heavy atom. The number of aromatic nitrogens is 2. The van der Waals surface area contributed by atoms with E-state index in [1.165, 1.54) is 11.3 Å². The molecule has 3 aromatic rings. The molecule has 0 aliphatic rings. The Balaban J connectivity index is 1.73. The fourth-order valence-electron chi connectivity index (χ4n) is 2.40. The van der Waals surface area contributed by atoms with Crippen molar-refractivity contribution in [3.63, 3.8) is 0 Å². The molecular weight excluding hydrogens is 352 g/mol. The first kappa shape index (κ1) is 18.1. The van der Waals surface area contributed by atoms with Crippen molar-refractivity contribution in [3.8, 4) is 0 Å². The number of aliphatic hydroxyl groups is 1. The van der Waals surface area contributed by atoms with Crippen LogP contribution in [0.3, 0.4) is 0 Å². The van der Waals surface area contributed by atoms with Crippen molar-refractivity contribution < 1.29 is 14.7 Å². The molecule has 0 aliphatic heterocycles. The zero-order chi connectivity index (χ0) is 18.9. The van der Waals surface area contributed by atoms with Gasteiger partial charge < -0.3 is 20.7 Å². The number of hydrogen-bond donors (Lipinski definition) is 4. The molecule has 0 fully saturated rings. The molecule has 3 rings (SSSR count). The molecule has 7 nitrogen and oxygen atoms in total. The van der Waals surface area contributed by atoms with Gasteiger partial charge in [-0.3, -0.25) is 9.59 Å². The van der Waals surface area contributed by atoms with Crippen molar-refractivity contribution in [1.29, 1.82) is 0 Å². The van der Waals surface area contributed by atoms with E-state index in [-0.39, 0.29) is 11.8 Å². The van der Waals surface area contributed by atoms with Crippen LogP contribution in [0.5, 0.6) is 0 Å². The van der Waals surface area contributed by atoms with Crippen LogP contribution >= 0.6 is 11.3 Å². The van der Waals surface area contributed by atoms with Gasteiger partial charge >= 0.3 is 0 Å². The molecule has 26 heavy (non-hydrogen) atoms. The van der Waals surface area contributed by atoms with Crippen LogP contribution in [0.2, 0.25) is 0 Å². The maximum Gasteiger partial charge on any atom is 0.262 e. The van der Waals surface area contributed by atoms with Gasteiger partial charge in [0.05, 0.1) is 15.9 Å². The second-order valence-electron chi connectivity index (χ2n) is 6.54. The van der Waals surface area contributed by atoms with Gasteiger partial charge in [0.25, 0.3) is 5.91 Å². The molecule has 0 aliphatic carbocycles. The van der Waals surface area contributed by atoms with Crippen LogP contribution in [0.25, 0.3) is 11.0 Å². The third-order valence-electron chi connectivity index (χ3n) is 3.89. The van der Waals surface area contributed by atoms with Crippen molar-refractivity contribution in [3.05, 3.63) is 46.4 Å². The summed E-state index contributed by atoms with van der Waals surface area (Å²) in [5.41, 5.74) is 0.888. The minimum atomic E-state index is -1.09. The average molecular weight is 372 g/mol. The quantitative estimate of drug-likeness (QED) is 0.552. The second kappa shape index (κ2) is 6.89. The molecule has 0 radical (unpaired) electrons. The Morgan fingerprint density at radius 2 is 2.08 bits per heavy atom. The number of hydrogen-bond acceptors (Lipinski definition) is 5. The van der Waals surface area contributed by atoms with Gasteiger partial charge in [0.1, 0.15) is 17.5 Å². The molecule has 1 aromatic carbocycles. The SMILES string of the molecule is CC(O)c1nc2ccc(NC(=O)C(C)(C)NC(=O)c3cccs3)cc2[nH]1. The lowest BCUT2D eigenvalue weighted by molar-refractivity contribution is -0.120. The predicted octanol–water partition coefficient (Wildman–Crippen LogP) is 2.82. The number of aliphatic hydroxyl groups excluding tert-OH is 1. The number of carbonyl (C=O) groups is 2. The number of anilines is 1. The first-order valence-corrected chi connectivity index (χ1v) is 8.99. The third kappa shape index (κ3) is 3.76. The Morgan fingerprint density at radius 3 is 2.73 bits per heavy atom. The van der Waals surface area contributed by atoms with E-state index in [0.717, 1.165) is 0 Å². The van der Waals surface area contributed by atoms with E-state index < -0.39 is 11.6 Å². The minimum absolute atomic E-state index is 0.286. The molecule has 0 spiro atoms. The van der Waals surface area contributed by atoms with E-state index in [9.17, 15) is 14.7 Å². The molecular formula is C18H20N4O3S. The number of thiophene rings is 1. The summed E-state index contributed by atoms with van der Waals surface area (Å²) in [6.07, 6.45) is -0.702. The van der Waals surface area contributed by atoms with Crippen molar-refractivity contribution in [2.24, 2.45) is 0 Å². The van der Waals surface area contributed by atoms with Gasteiger partial charge in [0, 0.05) is 5.69 Å². The largest absolute Gasteiger partial charge is 0.385 e. The number of amides is 2. The Labute approximate surface area is 154 Å². The van der Waals surface area contributed by atoms with Crippen molar-refractivity contribution in [2.45, 2.75) is 32.4 Å². The maximum absolute atomic E-state index is 12.6. The first-order chi connectivity index (χ1) is 12.3. The number of nitrogens with zero attached hydrogens (tertiary/aromatic N) is 1. The lowest BCUT2D eigenvalue weighted by Gasteiger charge is -2.24. The molecule has 2 amide bonds. The van der Waals surface area contributed by atoms with E-state index >= 15 is 0 Å². The van der Waals surface area contributed by atoms with Crippen molar-refractivity contribution >= 4 is 39.9 Å². The predicted molar refractivity (Wildman–Crippen MR) is 101 cm³/mol. The van der Waals surface area contributed by atoms with E-state index in [2.05, 4.69) is 20.6 Å². The fraction of sp³-hybridized carbons (Fsp3) is 0.278. The monoisotopic (exact) mass is 372 g/mol. The lowest BCUT2D eigenvalue weighted by atomic mass is 10.0. The zero-order valence-electron chi connectivity index (χ0n) is 14.7. The van der Waals surface area contributed by atoms with Gasteiger partial charge in [0.2, 0.25) is 5.91 Å². The summed E-state index contributed by atoms with van der Waals surface area (Å²) in [5.74, 6) is -0.158. The van der Waals surface area contributed by atoms with Crippen LogP contribution in [0.4, 0.5) is 5.69 Å². The molecule has 2 heterocycles. The fourth-order valence-corrected chi connectivity index (χ4v) is 3.02. The molecule has 1 unspecified atom stereocenters. The second-order valence-corrected chi connectivity index (χ2v) is 7.49. The van der Waals surface area contributed by atoms with E-state index in [4.69, 9.17) is 0 Å². The van der Waals surface area contributed by atoms with E-state index in [0.29, 0.717) is 27.4 Å². The summed E-state index contributed by atoms with van der Waals surface area (Å²) in [4.78, 5) is 32.6. The zero-order valence-corrected chi connectivity index (χ0v) is 15.5. The smallest absolute Gasteiger partial charge is 0.262 e. The van der Waals surface area contributed by atoms with Gasteiger partial charge in [-0.1, -0.05) is 6.07 Å². The highest BCUT2D eigenvalue weighted by Gasteiger charge is 2.30. The molecule has 0 bridgehead atoms. The summed E-state index contributed by atoms with van der Waals surface area (Å²) >= 11 is 1.32. The number of H-pyrrole nitrogens is 1. The molecule has 8 heteroatoms. The highest BCUT2D eigenvalue weighted by molar-refractivity contribution is 7.12. The van der Waals surface area contributed by atoms with Crippen LogP contribution in [0.15, 0.2) is 35.7 Å². The van der Waals surface area contributed by atoms with Crippen LogP contribution in [0.1, 0.15) is 42.4 Å². The van der Waals surface area contributed by atoms with Crippen molar-refractivity contribution in [1.82, 2.24) is 15.3 Å². The number of nitrogens with one attached hydrogen (secondary N) is 3. The molecule has 0 saturated carbocycles. The number of benzene rings is 1. The van der Waals surface area contributed by atoms with Crippen LogP contribution < -0.4 is 10.6 Å². The number of rotatable bonds is 5. The van der Waals surface area contributed by atoms with Gasteiger partial charge in [-0.15, -0.1) is 11.3 Å². The van der Waals surface area contributed by atoms with Gasteiger partial charge in [-0.05, 0) is 50.4 Å². The van der Waals surface area contributed by atoms with Crippen LogP contribution in [-0.4, -0.2) is 32.4 Å². The Kier molecular flexibility index (Phi) is 4.80. The van der Waals surface area contributed by atoms with E-state index in [1.54, 1.807) is 51.1 Å². The van der Waals surface area contributed by atoms with Crippen LogP contribution in [0, 0.1) is 0 Å². The third-order valence-corrected chi connectivity index (χ3v) is 4.76. The number of aromatic amines is 1.